The lowest BCUT2D eigenvalue weighted by molar-refractivity contribution is 0.237. The van der Waals surface area contributed by atoms with Gasteiger partial charge in [-0.1, -0.05) is 41.1 Å². The lowest BCUT2D eigenvalue weighted by Crippen LogP contribution is -2.04. The van der Waals surface area contributed by atoms with Crippen LogP contribution in [0.4, 0.5) is 0 Å². The molecule has 1 aromatic carbocycles. The summed E-state index contributed by atoms with van der Waals surface area (Å²) in [7, 11) is 0. The zero-order chi connectivity index (χ0) is 8.97. The number of aliphatic hydroxyl groups excluding tert-OH is 1. The molecule has 1 atom stereocenters. The van der Waals surface area contributed by atoms with E-state index in [0.717, 1.165) is 10.9 Å². The first kappa shape index (κ1) is 9.75. The number of hydrogen-bond donors (Lipinski definition) is 1. The van der Waals surface area contributed by atoms with E-state index in [1.165, 1.54) is 5.56 Å². The lowest BCUT2D eigenvalue weighted by Gasteiger charge is -2.08. The van der Waals surface area contributed by atoms with E-state index in [0.29, 0.717) is 5.92 Å². The highest BCUT2D eigenvalue weighted by Crippen LogP contribution is 2.18. The number of benzene rings is 1. The van der Waals surface area contributed by atoms with Crippen LogP contribution < -0.4 is 0 Å². The van der Waals surface area contributed by atoms with E-state index in [2.05, 4.69) is 22.0 Å². The summed E-state index contributed by atoms with van der Waals surface area (Å²) < 4.78 is 1.13. The average molecular weight is 229 g/mol. The molecular weight excluding hydrogens is 216 g/mol. The molecule has 0 saturated heterocycles. The number of rotatable bonds is 3. The topological polar surface area (TPSA) is 20.2 Å². The van der Waals surface area contributed by atoms with E-state index in [9.17, 15) is 0 Å². The van der Waals surface area contributed by atoms with Crippen molar-refractivity contribution in [3.8, 4) is 0 Å². The minimum atomic E-state index is 0.251. The van der Waals surface area contributed by atoms with Crippen molar-refractivity contribution >= 4 is 15.9 Å². The smallest absolute Gasteiger partial charge is 0.0459 e. The predicted molar refractivity (Wildman–Crippen MR) is 54.1 cm³/mol. The molecule has 0 radical (unpaired) electrons. The van der Waals surface area contributed by atoms with Gasteiger partial charge in [0.15, 0.2) is 0 Å². The van der Waals surface area contributed by atoms with Crippen LogP contribution in [0.1, 0.15) is 12.5 Å². The number of aliphatic hydroxyl groups is 1. The van der Waals surface area contributed by atoms with Crippen LogP contribution in [0.3, 0.4) is 0 Å². The van der Waals surface area contributed by atoms with Gasteiger partial charge in [-0.3, -0.25) is 0 Å². The van der Waals surface area contributed by atoms with Gasteiger partial charge in [0, 0.05) is 11.1 Å². The molecule has 0 bridgehead atoms. The molecule has 0 fully saturated rings. The molecule has 1 rings (SSSR count). The second kappa shape index (κ2) is 4.63. The van der Waals surface area contributed by atoms with Crippen molar-refractivity contribution in [3.05, 3.63) is 34.3 Å². The molecule has 0 amide bonds. The van der Waals surface area contributed by atoms with Gasteiger partial charge in [0.1, 0.15) is 0 Å². The molecule has 0 saturated carbocycles. The van der Waals surface area contributed by atoms with Gasteiger partial charge in [0.2, 0.25) is 0 Å². The Kier molecular flexibility index (Phi) is 3.76. The summed E-state index contributed by atoms with van der Waals surface area (Å²) in [6, 6.07) is 8.12. The van der Waals surface area contributed by atoms with Crippen LogP contribution in [0.2, 0.25) is 0 Å². The molecule has 0 aliphatic rings. The zero-order valence-corrected chi connectivity index (χ0v) is 8.71. The van der Waals surface area contributed by atoms with Gasteiger partial charge in [-0.15, -0.1) is 0 Å². The van der Waals surface area contributed by atoms with Crippen LogP contribution >= 0.6 is 15.9 Å². The fourth-order valence-electron chi connectivity index (χ4n) is 1.10. The van der Waals surface area contributed by atoms with Gasteiger partial charge in [0.25, 0.3) is 0 Å². The summed E-state index contributed by atoms with van der Waals surface area (Å²) in [5, 5.41) is 8.87. The van der Waals surface area contributed by atoms with Gasteiger partial charge in [-0.25, -0.2) is 0 Å². The Balaban J connectivity index is 2.69. The van der Waals surface area contributed by atoms with Crippen LogP contribution in [-0.2, 0) is 6.42 Å². The van der Waals surface area contributed by atoms with Crippen molar-refractivity contribution in [2.45, 2.75) is 13.3 Å². The normalized spacial score (nSPS) is 12.9. The monoisotopic (exact) mass is 228 g/mol. The summed E-state index contributed by atoms with van der Waals surface area (Å²) >= 11 is 3.47. The van der Waals surface area contributed by atoms with E-state index in [-0.39, 0.29) is 6.61 Å². The van der Waals surface area contributed by atoms with Crippen molar-refractivity contribution < 1.29 is 5.11 Å². The number of hydrogen-bond acceptors (Lipinski definition) is 1. The highest BCUT2D eigenvalue weighted by molar-refractivity contribution is 9.10. The minimum absolute atomic E-state index is 0.251. The maximum Gasteiger partial charge on any atom is 0.0459 e. The van der Waals surface area contributed by atoms with Crippen LogP contribution in [0.25, 0.3) is 0 Å². The van der Waals surface area contributed by atoms with Crippen molar-refractivity contribution in [2.75, 3.05) is 6.61 Å². The second-order valence-corrected chi connectivity index (χ2v) is 3.94. The van der Waals surface area contributed by atoms with Gasteiger partial charge < -0.3 is 5.11 Å². The standard InChI is InChI=1S/C10H13BrO/c1-8(7-12)6-9-4-2-3-5-10(9)11/h2-5,8,12H,6-7H2,1H3. The summed E-state index contributed by atoms with van der Waals surface area (Å²) in [5.41, 5.74) is 1.26. The molecule has 0 aliphatic carbocycles. The molecule has 12 heavy (non-hydrogen) atoms. The highest BCUT2D eigenvalue weighted by atomic mass is 79.9. The first-order chi connectivity index (χ1) is 5.74. The Morgan fingerprint density at radius 1 is 1.42 bits per heavy atom. The molecule has 1 unspecified atom stereocenters. The average Bonchev–Trinajstić information content (AvgIpc) is 2.09. The molecule has 0 heterocycles. The molecule has 1 aromatic rings. The molecule has 1 N–H and O–H groups in total. The number of halogens is 1. The Labute approximate surface area is 81.6 Å². The van der Waals surface area contributed by atoms with Gasteiger partial charge >= 0.3 is 0 Å². The van der Waals surface area contributed by atoms with Gasteiger partial charge in [-0.2, -0.15) is 0 Å². The van der Waals surface area contributed by atoms with Crippen LogP contribution in [0, 0.1) is 5.92 Å². The molecule has 0 aromatic heterocycles. The van der Waals surface area contributed by atoms with Gasteiger partial charge in [-0.05, 0) is 24.0 Å². The quantitative estimate of drug-likeness (QED) is 0.844. The predicted octanol–water partition coefficient (Wildman–Crippen LogP) is 2.62. The van der Waals surface area contributed by atoms with Crippen molar-refractivity contribution in [2.24, 2.45) is 5.92 Å². The van der Waals surface area contributed by atoms with Crippen molar-refractivity contribution in [1.29, 1.82) is 0 Å². The van der Waals surface area contributed by atoms with E-state index < -0.39 is 0 Å². The van der Waals surface area contributed by atoms with Gasteiger partial charge in [0.05, 0.1) is 0 Å². The zero-order valence-electron chi connectivity index (χ0n) is 7.13. The van der Waals surface area contributed by atoms with Crippen LogP contribution in [0.5, 0.6) is 0 Å². The minimum Gasteiger partial charge on any atom is -0.396 e. The first-order valence-corrected chi connectivity index (χ1v) is 4.87. The van der Waals surface area contributed by atoms with E-state index >= 15 is 0 Å². The van der Waals surface area contributed by atoms with E-state index in [1.54, 1.807) is 0 Å². The molecule has 2 heteroatoms. The largest absolute Gasteiger partial charge is 0.396 e. The maximum absolute atomic E-state index is 8.87. The Bertz CT molecular complexity index is 247. The summed E-state index contributed by atoms with van der Waals surface area (Å²) in [5.74, 6) is 0.337. The first-order valence-electron chi connectivity index (χ1n) is 4.08. The second-order valence-electron chi connectivity index (χ2n) is 3.08. The van der Waals surface area contributed by atoms with E-state index in [4.69, 9.17) is 5.11 Å². The van der Waals surface area contributed by atoms with Crippen LogP contribution in [0.15, 0.2) is 28.7 Å². The lowest BCUT2D eigenvalue weighted by atomic mass is 10.0. The summed E-state index contributed by atoms with van der Waals surface area (Å²) in [6.07, 6.45) is 0.928. The van der Waals surface area contributed by atoms with Crippen LogP contribution in [-0.4, -0.2) is 11.7 Å². The van der Waals surface area contributed by atoms with Crippen molar-refractivity contribution in [3.63, 3.8) is 0 Å². The molecule has 0 spiro atoms. The molecule has 0 aliphatic heterocycles. The molecule has 1 nitrogen and oxygen atoms in total. The third-order valence-electron chi connectivity index (χ3n) is 1.84. The van der Waals surface area contributed by atoms with E-state index in [1.807, 2.05) is 25.1 Å². The summed E-state index contributed by atoms with van der Waals surface area (Å²) in [4.78, 5) is 0. The van der Waals surface area contributed by atoms with Crippen molar-refractivity contribution in [1.82, 2.24) is 0 Å². The Hall–Kier alpha value is -0.340. The maximum atomic E-state index is 8.87. The summed E-state index contributed by atoms with van der Waals surface area (Å²) in [6.45, 7) is 2.29. The SMILES string of the molecule is CC(CO)Cc1ccccc1Br. The molecule has 66 valence electrons. The molecular formula is C10H13BrO. The third-order valence-corrected chi connectivity index (χ3v) is 2.61. The fraction of sp³-hybridized carbons (Fsp3) is 0.400. The fourth-order valence-corrected chi connectivity index (χ4v) is 1.55. The highest BCUT2D eigenvalue weighted by Gasteiger charge is 2.03. The Morgan fingerprint density at radius 2 is 2.08 bits per heavy atom. The Morgan fingerprint density at radius 3 is 2.67 bits per heavy atom. The third kappa shape index (κ3) is 2.61.